The first-order valence-electron chi connectivity index (χ1n) is 8.31. The molecule has 0 aliphatic heterocycles. The highest BCUT2D eigenvalue weighted by Crippen LogP contribution is 2.40. The van der Waals surface area contributed by atoms with E-state index in [-0.39, 0.29) is 5.92 Å². The second-order valence-electron chi connectivity index (χ2n) is 6.24. The van der Waals surface area contributed by atoms with E-state index in [1.807, 2.05) is 6.07 Å². The number of unbranched alkanes of at least 4 members (excludes halogenated alkanes) is 3. The topological polar surface area (TPSA) is 46.5 Å². The number of carbonyl (C=O) groups is 1. The minimum atomic E-state index is 0.203. The number of carbonyl (C=O) groups excluding carboxylic acids is 1. The van der Waals surface area contributed by atoms with Crippen molar-refractivity contribution in [3.63, 3.8) is 0 Å². The van der Waals surface area contributed by atoms with Gasteiger partial charge in [-0.25, -0.2) is 0 Å². The molecular weight excluding hydrogens is 274 g/mol. The summed E-state index contributed by atoms with van der Waals surface area (Å²) in [5, 5.41) is 2.83. The quantitative estimate of drug-likeness (QED) is 0.454. The van der Waals surface area contributed by atoms with Gasteiger partial charge in [0.15, 0.2) is 0 Å². The van der Waals surface area contributed by atoms with Crippen LogP contribution in [0.4, 0.5) is 0 Å². The van der Waals surface area contributed by atoms with Crippen molar-refractivity contribution in [3.8, 4) is 0 Å². The summed E-state index contributed by atoms with van der Waals surface area (Å²) in [5.41, 5.74) is 1.75. The number of allylic oxidation sites excluding steroid dienone is 1. The lowest BCUT2D eigenvalue weighted by molar-refractivity contribution is -0.121. The Labute approximate surface area is 132 Å². The van der Waals surface area contributed by atoms with Crippen molar-refractivity contribution in [2.75, 3.05) is 0 Å². The molecule has 0 bridgehead atoms. The molecule has 3 heteroatoms. The number of Topliss-reactive ketones (excluding diaryl/α,β-unsaturated/α-hetero) is 1. The number of hydrogen-bond donors (Lipinski definition) is 0. The number of rotatable bonds is 9. The van der Waals surface area contributed by atoms with Gasteiger partial charge in [-0.1, -0.05) is 56.2 Å². The molecule has 0 heterocycles. The largest absolute Gasteiger partial charge is 0.299 e. The molecule has 2 atom stereocenters. The normalized spacial score (nSPS) is 21.0. The molecule has 1 aliphatic rings. The van der Waals surface area contributed by atoms with Crippen molar-refractivity contribution in [1.82, 2.24) is 0 Å². The van der Waals surface area contributed by atoms with Crippen LogP contribution in [-0.4, -0.2) is 5.78 Å². The van der Waals surface area contributed by atoms with Crippen LogP contribution in [0.15, 0.2) is 47.8 Å². The maximum atomic E-state index is 12.1. The monoisotopic (exact) mass is 299 g/mol. The van der Waals surface area contributed by atoms with Crippen molar-refractivity contribution in [3.05, 3.63) is 53.1 Å². The van der Waals surface area contributed by atoms with Gasteiger partial charge in [0.05, 0.1) is 5.70 Å². The summed E-state index contributed by atoms with van der Waals surface area (Å²) in [4.78, 5) is 22.4. The summed E-state index contributed by atoms with van der Waals surface area (Å²) in [6, 6.07) is 10.4. The minimum Gasteiger partial charge on any atom is -0.299 e. The van der Waals surface area contributed by atoms with Crippen LogP contribution in [0.2, 0.25) is 0 Å². The highest BCUT2D eigenvalue weighted by Gasteiger charge is 2.34. The third kappa shape index (κ3) is 4.62. The summed E-state index contributed by atoms with van der Waals surface area (Å²) in [7, 11) is 0. The Hall–Kier alpha value is -1.77. The van der Waals surface area contributed by atoms with Crippen molar-refractivity contribution in [2.24, 2.45) is 11.1 Å². The van der Waals surface area contributed by atoms with E-state index in [2.05, 4.69) is 36.0 Å². The van der Waals surface area contributed by atoms with Crippen LogP contribution < -0.4 is 0 Å². The zero-order chi connectivity index (χ0) is 15.8. The van der Waals surface area contributed by atoms with Gasteiger partial charge in [0.1, 0.15) is 5.78 Å². The van der Waals surface area contributed by atoms with Gasteiger partial charge in [0, 0.05) is 12.3 Å². The first-order valence-corrected chi connectivity index (χ1v) is 8.31. The molecular formula is C19H25NO2. The van der Waals surface area contributed by atoms with Gasteiger partial charge < -0.3 is 0 Å². The molecule has 0 aromatic heterocycles. The molecule has 1 fully saturated rings. The van der Waals surface area contributed by atoms with Gasteiger partial charge in [0.2, 0.25) is 0 Å². The molecule has 118 valence electrons. The van der Waals surface area contributed by atoms with Crippen LogP contribution >= 0.6 is 0 Å². The molecule has 0 amide bonds. The maximum Gasteiger partial charge on any atom is 0.136 e. The zero-order valence-corrected chi connectivity index (χ0v) is 13.2. The molecule has 1 unspecified atom stereocenters. The Balaban J connectivity index is 1.74. The summed E-state index contributed by atoms with van der Waals surface area (Å²) < 4.78 is 0. The van der Waals surface area contributed by atoms with E-state index in [0.29, 0.717) is 23.8 Å². The van der Waals surface area contributed by atoms with Crippen LogP contribution in [-0.2, 0) is 4.79 Å². The number of ketones is 1. The Morgan fingerprint density at radius 3 is 2.59 bits per heavy atom. The smallest absolute Gasteiger partial charge is 0.136 e. The molecule has 3 nitrogen and oxygen atoms in total. The fourth-order valence-electron chi connectivity index (χ4n) is 3.46. The lowest BCUT2D eigenvalue weighted by Gasteiger charge is -2.18. The third-order valence-corrected chi connectivity index (χ3v) is 4.69. The summed E-state index contributed by atoms with van der Waals surface area (Å²) in [6.07, 6.45) is 7.64. The van der Waals surface area contributed by atoms with Crippen molar-refractivity contribution in [2.45, 2.75) is 57.3 Å². The average Bonchev–Trinajstić information content (AvgIpc) is 2.92. The first kappa shape index (κ1) is 16.6. The van der Waals surface area contributed by atoms with E-state index in [9.17, 15) is 9.70 Å². The number of hydrogen-bond acceptors (Lipinski definition) is 3. The SMILES string of the molecule is C=C(CCCCCC[C@H]1C(=O)CCC1c1ccccc1)N=O. The van der Waals surface area contributed by atoms with E-state index in [1.165, 1.54) is 5.56 Å². The predicted molar refractivity (Wildman–Crippen MR) is 89.6 cm³/mol. The van der Waals surface area contributed by atoms with E-state index in [4.69, 9.17) is 0 Å². The summed E-state index contributed by atoms with van der Waals surface area (Å²) in [5.74, 6) is 1.05. The van der Waals surface area contributed by atoms with Crippen LogP contribution in [0.5, 0.6) is 0 Å². The molecule has 1 aromatic carbocycles. The lowest BCUT2D eigenvalue weighted by Crippen LogP contribution is -2.13. The van der Waals surface area contributed by atoms with Crippen LogP contribution in [0.25, 0.3) is 0 Å². The second-order valence-corrected chi connectivity index (χ2v) is 6.24. The van der Waals surface area contributed by atoms with Gasteiger partial charge >= 0.3 is 0 Å². The highest BCUT2D eigenvalue weighted by molar-refractivity contribution is 5.84. The molecule has 0 radical (unpaired) electrons. The standard InChI is InChI=1S/C19H25NO2/c1-15(20-22)9-5-2-3-8-12-18-17(13-14-19(18)21)16-10-6-4-7-11-16/h4,6-7,10-11,17-18H,1-3,5,8-9,12-14H2/t17?,18-/m1/s1. The average molecular weight is 299 g/mol. The van der Waals surface area contributed by atoms with E-state index >= 15 is 0 Å². The van der Waals surface area contributed by atoms with Gasteiger partial charge in [-0.3, -0.25) is 4.79 Å². The van der Waals surface area contributed by atoms with Crippen molar-refractivity contribution < 1.29 is 4.79 Å². The van der Waals surface area contributed by atoms with Gasteiger partial charge in [-0.05, 0) is 42.3 Å². The molecule has 1 saturated carbocycles. The van der Waals surface area contributed by atoms with Crippen LogP contribution in [0.3, 0.4) is 0 Å². The Kier molecular flexibility index (Phi) is 6.50. The fourth-order valence-corrected chi connectivity index (χ4v) is 3.46. The van der Waals surface area contributed by atoms with Crippen molar-refractivity contribution >= 4 is 5.78 Å². The van der Waals surface area contributed by atoms with Crippen LogP contribution in [0.1, 0.15) is 62.8 Å². The molecule has 22 heavy (non-hydrogen) atoms. The van der Waals surface area contributed by atoms with E-state index in [1.54, 1.807) is 0 Å². The molecule has 0 spiro atoms. The van der Waals surface area contributed by atoms with Gasteiger partial charge in [-0.15, -0.1) is 4.91 Å². The maximum absolute atomic E-state index is 12.1. The fraction of sp³-hybridized carbons (Fsp3) is 0.526. The highest BCUT2D eigenvalue weighted by atomic mass is 16.3. The molecule has 1 aliphatic carbocycles. The zero-order valence-electron chi connectivity index (χ0n) is 13.2. The van der Waals surface area contributed by atoms with Gasteiger partial charge in [0.25, 0.3) is 0 Å². The number of nitroso groups, excluding NO2 is 1. The number of benzene rings is 1. The summed E-state index contributed by atoms with van der Waals surface area (Å²) >= 11 is 0. The first-order chi connectivity index (χ1) is 10.7. The van der Waals surface area contributed by atoms with E-state index in [0.717, 1.165) is 44.9 Å². The third-order valence-electron chi connectivity index (χ3n) is 4.69. The Morgan fingerprint density at radius 1 is 1.14 bits per heavy atom. The predicted octanol–water partition coefficient (Wildman–Crippen LogP) is 5.37. The second kappa shape index (κ2) is 8.62. The summed E-state index contributed by atoms with van der Waals surface area (Å²) in [6.45, 7) is 3.58. The molecule has 0 saturated heterocycles. The molecule has 2 rings (SSSR count). The van der Waals surface area contributed by atoms with Crippen LogP contribution in [0, 0.1) is 10.8 Å². The lowest BCUT2D eigenvalue weighted by atomic mass is 9.85. The molecule has 1 aromatic rings. The number of nitrogens with zero attached hydrogens (tertiary/aromatic N) is 1. The van der Waals surface area contributed by atoms with Crippen molar-refractivity contribution in [1.29, 1.82) is 0 Å². The van der Waals surface area contributed by atoms with Gasteiger partial charge in [-0.2, -0.15) is 0 Å². The van der Waals surface area contributed by atoms with E-state index < -0.39 is 0 Å². The minimum absolute atomic E-state index is 0.203. The molecule has 0 N–H and O–H groups in total. The Morgan fingerprint density at radius 2 is 1.86 bits per heavy atom. The Bertz CT molecular complexity index is 509.